The Balaban J connectivity index is 1.43. The van der Waals surface area contributed by atoms with Gasteiger partial charge in [0.1, 0.15) is 0 Å². The largest absolute Gasteiger partial charge is 0.312 e. The number of rotatable bonds is 5. The molecule has 2 heteroatoms. The summed E-state index contributed by atoms with van der Waals surface area (Å²) in [6.07, 6.45) is 8.86. The molecule has 1 aliphatic heterocycles. The average molecular weight is 222 g/mol. The molecule has 0 aromatic carbocycles. The summed E-state index contributed by atoms with van der Waals surface area (Å²) in [6, 6.07) is 0.777. The third-order valence-corrected chi connectivity index (χ3v) is 4.72. The topological polar surface area (TPSA) is 15.3 Å². The normalized spacial score (nSPS) is 32.2. The third-order valence-electron chi connectivity index (χ3n) is 4.72. The van der Waals surface area contributed by atoms with E-state index in [0.29, 0.717) is 0 Å². The first-order chi connectivity index (χ1) is 7.83. The molecule has 1 N–H and O–H groups in total. The lowest BCUT2D eigenvalue weighted by molar-refractivity contribution is 0.216. The monoisotopic (exact) mass is 222 g/mol. The number of likely N-dealkylation sites (N-methyl/N-ethyl adjacent to an activating group) is 1. The average Bonchev–Trinajstić information content (AvgIpc) is 3.13. The zero-order valence-electron chi connectivity index (χ0n) is 10.6. The lowest BCUT2D eigenvalue weighted by Crippen LogP contribution is -2.45. The molecule has 3 aliphatic rings. The van der Waals surface area contributed by atoms with Gasteiger partial charge in [-0.15, -0.1) is 0 Å². The molecule has 3 fully saturated rings. The van der Waals surface area contributed by atoms with Crippen LogP contribution in [0.25, 0.3) is 0 Å². The molecule has 0 spiro atoms. The predicted molar refractivity (Wildman–Crippen MR) is 67.5 cm³/mol. The Morgan fingerprint density at radius 2 is 1.81 bits per heavy atom. The highest BCUT2D eigenvalue weighted by atomic mass is 15.1. The fourth-order valence-corrected chi connectivity index (χ4v) is 3.40. The predicted octanol–water partition coefficient (Wildman–Crippen LogP) is 2.11. The lowest BCUT2D eigenvalue weighted by atomic mass is 9.96. The van der Waals surface area contributed by atoms with E-state index in [4.69, 9.17) is 0 Å². The summed E-state index contributed by atoms with van der Waals surface area (Å²) in [7, 11) is 2.26. The van der Waals surface area contributed by atoms with E-state index < -0.39 is 0 Å². The van der Waals surface area contributed by atoms with E-state index in [-0.39, 0.29) is 0 Å². The minimum atomic E-state index is 0.777. The van der Waals surface area contributed by atoms with Crippen molar-refractivity contribution < 1.29 is 0 Å². The number of nitrogens with one attached hydrogen (secondary N) is 1. The van der Waals surface area contributed by atoms with Gasteiger partial charge in [0.2, 0.25) is 0 Å². The van der Waals surface area contributed by atoms with Crippen LogP contribution >= 0.6 is 0 Å². The number of piperidine rings is 1. The van der Waals surface area contributed by atoms with Crippen LogP contribution in [0.2, 0.25) is 0 Å². The van der Waals surface area contributed by atoms with Crippen LogP contribution in [0.1, 0.15) is 38.5 Å². The van der Waals surface area contributed by atoms with Crippen molar-refractivity contribution >= 4 is 0 Å². The summed E-state index contributed by atoms with van der Waals surface area (Å²) < 4.78 is 0. The highest BCUT2D eigenvalue weighted by Crippen LogP contribution is 2.48. The first kappa shape index (κ1) is 11.0. The number of hydrogen-bond acceptors (Lipinski definition) is 2. The first-order valence-electron chi connectivity index (χ1n) is 7.25. The Labute approximate surface area is 99.8 Å². The maximum absolute atomic E-state index is 3.85. The van der Waals surface area contributed by atoms with E-state index in [0.717, 1.165) is 23.8 Å². The molecule has 0 aromatic rings. The molecule has 16 heavy (non-hydrogen) atoms. The van der Waals surface area contributed by atoms with Crippen LogP contribution in [0.3, 0.4) is 0 Å². The number of hydrogen-bond donors (Lipinski definition) is 1. The van der Waals surface area contributed by atoms with Crippen LogP contribution in [0, 0.1) is 17.8 Å². The second-order valence-electron chi connectivity index (χ2n) is 6.35. The Hall–Kier alpha value is -0.0800. The van der Waals surface area contributed by atoms with Gasteiger partial charge in [-0.1, -0.05) is 0 Å². The van der Waals surface area contributed by atoms with Gasteiger partial charge in [0.15, 0.2) is 0 Å². The van der Waals surface area contributed by atoms with E-state index in [2.05, 4.69) is 17.3 Å². The standard InChI is InChI=1S/C14H26N2/c1-16-8-2-3-13(10-16)15-9-14(11-4-5-11)12-6-7-12/h11-15H,2-10H2,1H3. The van der Waals surface area contributed by atoms with Crippen LogP contribution in [-0.2, 0) is 0 Å². The van der Waals surface area contributed by atoms with E-state index in [1.807, 2.05) is 0 Å². The van der Waals surface area contributed by atoms with Crippen molar-refractivity contribution in [2.24, 2.45) is 17.8 Å². The minimum absolute atomic E-state index is 0.777. The molecule has 1 atom stereocenters. The number of nitrogens with zero attached hydrogens (tertiary/aromatic N) is 1. The summed E-state index contributed by atoms with van der Waals surface area (Å²) in [5.41, 5.74) is 0. The highest BCUT2D eigenvalue weighted by Gasteiger charge is 2.41. The maximum Gasteiger partial charge on any atom is 0.0195 e. The van der Waals surface area contributed by atoms with E-state index >= 15 is 0 Å². The van der Waals surface area contributed by atoms with Crippen molar-refractivity contribution in [3.63, 3.8) is 0 Å². The summed E-state index contributed by atoms with van der Waals surface area (Å²) in [6.45, 7) is 3.88. The molecule has 1 saturated heterocycles. The van der Waals surface area contributed by atoms with Crippen molar-refractivity contribution in [3.05, 3.63) is 0 Å². The van der Waals surface area contributed by atoms with Crippen LogP contribution in [0.4, 0.5) is 0 Å². The van der Waals surface area contributed by atoms with Gasteiger partial charge < -0.3 is 10.2 Å². The summed E-state index contributed by atoms with van der Waals surface area (Å²) in [5.74, 6) is 3.23. The molecule has 2 nitrogen and oxygen atoms in total. The van der Waals surface area contributed by atoms with Crippen LogP contribution < -0.4 is 5.32 Å². The van der Waals surface area contributed by atoms with Crippen molar-refractivity contribution in [1.82, 2.24) is 10.2 Å². The SMILES string of the molecule is CN1CCCC(NCC(C2CC2)C2CC2)C1. The summed E-state index contributed by atoms with van der Waals surface area (Å²) in [5, 5.41) is 3.85. The fraction of sp³-hybridized carbons (Fsp3) is 1.00. The van der Waals surface area contributed by atoms with Crippen LogP contribution in [-0.4, -0.2) is 37.6 Å². The van der Waals surface area contributed by atoms with Crippen LogP contribution in [0.5, 0.6) is 0 Å². The van der Waals surface area contributed by atoms with Gasteiger partial charge in [0.25, 0.3) is 0 Å². The van der Waals surface area contributed by atoms with E-state index in [1.165, 1.54) is 58.2 Å². The second-order valence-corrected chi connectivity index (χ2v) is 6.35. The highest BCUT2D eigenvalue weighted by molar-refractivity contribution is 4.93. The molecule has 92 valence electrons. The van der Waals surface area contributed by atoms with Gasteiger partial charge in [-0.25, -0.2) is 0 Å². The Kier molecular flexibility index (Phi) is 3.21. The van der Waals surface area contributed by atoms with Gasteiger partial charge in [-0.3, -0.25) is 0 Å². The minimum Gasteiger partial charge on any atom is -0.312 e. The molecular weight excluding hydrogens is 196 g/mol. The quantitative estimate of drug-likeness (QED) is 0.766. The maximum atomic E-state index is 3.85. The molecule has 0 amide bonds. The Bertz CT molecular complexity index is 221. The molecule has 2 saturated carbocycles. The summed E-state index contributed by atoms with van der Waals surface area (Å²) in [4.78, 5) is 2.48. The van der Waals surface area contributed by atoms with Gasteiger partial charge in [0.05, 0.1) is 0 Å². The Morgan fingerprint density at radius 1 is 1.12 bits per heavy atom. The zero-order valence-corrected chi connectivity index (χ0v) is 10.6. The molecule has 0 bridgehead atoms. The number of likely N-dealkylation sites (tertiary alicyclic amines) is 1. The van der Waals surface area contributed by atoms with Gasteiger partial charge in [0, 0.05) is 12.6 Å². The zero-order chi connectivity index (χ0) is 11.0. The van der Waals surface area contributed by atoms with Gasteiger partial charge >= 0.3 is 0 Å². The van der Waals surface area contributed by atoms with E-state index in [1.54, 1.807) is 0 Å². The first-order valence-corrected chi connectivity index (χ1v) is 7.25. The van der Waals surface area contributed by atoms with Crippen molar-refractivity contribution in [3.8, 4) is 0 Å². The third kappa shape index (κ3) is 2.78. The molecule has 2 aliphatic carbocycles. The van der Waals surface area contributed by atoms with Crippen LogP contribution in [0.15, 0.2) is 0 Å². The van der Waals surface area contributed by atoms with E-state index in [9.17, 15) is 0 Å². The molecule has 1 unspecified atom stereocenters. The fourth-order valence-electron chi connectivity index (χ4n) is 3.40. The molecule has 1 heterocycles. The van der Waals surface area contributed by atoms with Crippen molar-refractivity contribution in [1.29, 1.82) is 0 Å². The molecule has 0 radical (unpaired) electrons. The molecule has 0 aromatic heterocycles. The molecule has 3 rings (SSSR count). The smallest absolute Gasteiger partial charge is 0.0195 e. The Morgan fingerprint density at radius 3 is 2.38 bits per heavy atom. The second kappa shape index (κ2) is 4.66. The summed E-state index contributed by atoms with van der Waals surface area (Å²) >= 11 is 0. The van der Waals surface area contributed by atoms with Gasteiger partial charge in [-0.05, 0) is 76.4 Å². The molecular formula is C14H26N2. The van der Waals surface area contributed by atoms with Gasteiger partial charge in [-0.2, -0.15) is 0 Å². The van der Waals surface area contributed by atoms with Crippen molar-refractivity contribution in [2.45, 2.75) is 44.6 Å². The van der Waals surface area contributed by atoms with Crippen molar-refractivity contribution in [2.75, 3.05) is 26.7 Å². The lowest BCUT2D eigenvalue weighted by Gasteiger charge is -2.31.